The summed E-state index contributed by atoms with van der Waals surface area (Å²) in [5, 5.41) is 13.4. The summed E-state index contributed by atoms with van der Waals surface area (Å²) in [7, 11) is 0. The van der Waals surface area contributed by atoms with E-state index in [-0.39, 0.29) is 0 Å². The Morgan fingerprint density at radius 3 is 2.80 bits per heavy atom. The Bertz CT molecular complexity index is 536. The Labute approximate surface area is 123 Å². The standard InChI is InChI=1S/C15H19N3OS/c1-3-5-10-16-15-18-17-14(20-15)12-6-8-13(9-7-12)19-11-4-2/h4,6-9H,2-3,5,10-11H2,1H3,(H,16,18). The monoisotopic (exact) mass is 289 g/mol. The maximum atomic E-state index is 5.45. The molecular formula is C15H19N3OS. The highest BCUT2D eigenvalue weighted by Crippen LogP contribution is 2.27. The number of benzene rings is 1. The number of hydrogen-bond donors (Lipinski definition) is 1. The van der Waals surface area contributed by atoms with Gasteiger partial charge >= 0.3 is 0 Å². The summed E-state index contributed by atoms with van der Waals surface area (Å²) < 4.78 is 5.45. The molecule has 0 bridgehead atoms. The molecule has 0 fully saturated rings. The smallest absolute Gasteiger partial charge is 0.206 e. The Balaban J connectivity index is 1.98. The molecule has 0 aliphatic heterocycles. The van der Waals surface area contributed by atoms with Crippen molar-refractivity contribution in [2.24, 2.45) is 0 Å². The van der Waals surface area contributed by atoms with Crippen molar-refractivity contribution < 1.29 is 4.74 Å². The van der Waals surface area contributed by atoms with Crippen LogP contribution in [0.5, 0.6) is 5.75 Å². The zero-order valence-electron chi connectivity index (χ0n) is 11.6. The van der Waals surface area contributed by atoms with E-state index in [0.717, 1.165) is 34.4 Å². The third-order valence-electron chi connectivity index (χ3n) is 2.70. The topological polar surface area (TPSA) is 47.0 Å². The van der Waals surface area contributed by atoms with Gasteiger partial charge in [-0.3, -0.25) is 0 Å². The molecule has 4 nitrogen and oxygen atoms in total. The van der Waals surface area contributed by atoms with Gasteiger partial charge in [0.05, 0.1) is 0 Å². The van der Waals surface area contributed by atoms with E-state index in [4.69, 9.17) is 4.74 Å². The van der Waals surface area contributed by atoms with Gasteiger partial charge in [0, 0.05) is 12.1 Å². The Kier molecular flexibility index (Phi) is 5.55. The number of ether oxygens (including phenoxy) is 1. The first-order chi connectivity index (χ1) is 9.83. The second kappa shape index (κ2) is 7.65. The molecule has 0 saturated heterocycles. The zero-order chi connectivity index (χ0) is 14.2. The highest BCUT2D eigenvalue weighted by molar-refractivity contribution is 7.18. The first-order valence-electron chi connectivity index (χ1n) is 6.75. The van der Waals surface area contributed by atoms with E-state index >= 15 is 0 Å². The largest absolute Gasteiger partial charge is 0.490 e. The average molecular weight is 289 g/mol. The van der Waals surface area contributed by atoms with Crippen LogP contribution in [0.4, 0.5) is 5.13 Å². The number of unbranched alkanes of at least 4 members (excludes halogenated alkanes) is 1. The van der Waals surface area contributed by atoms with Crippen molar-refractivity contribution >= 4 is 16.5 Å². The maximum Gasteiger partial charge on any atom is 0.206 e. The molecule has 1 N–H and O–H groups in total. The number of nitrogens with one attached hydrogen (secondary N) is 1. The summed E-state index contributed by atoms with van der Waals surface area (Å²) in [6.45, 7) is 7.26. The van der Waals surface area contributed by atoms with Crippen LogP contribution >= 0.6 is 11.3 Å². The normalized spacial score (nSPS) is 10.2. The van der Waals surface area contributed by atoms with Crippen molar-refractivity contribution in [3.05, 3.63) is 36.9 Å². The van der Waals surface area contributed by atoms with Crippen molar-refractivity contribution in [1.29, 1.82) is 0 Å². The Morgan fingerprint density at radius 2 is 2.10 bits per heavy atom. The van der Waals surface area contributed by atoms with E-state index < -0.39 is 0 Å². The molecule has 1 heterocycles. The molecule has 20 heavy (non-hydrogen) atoms. The number of aromatic nitrogens is 2. The maximum absolute atomic E-state index is 5.45. The third kappa shape index (κ3) is 4.06. The third-order valence-corrected chi connectivity index (χ3v) is 3.63. The van der Waals surface area contributed by atoms with Crippen LogP contribution in [0.3, 0.4) is 0 Å². The van der Waals surface area contributed by atoms with Crippen LogP contribution in [-0.2, 0) is 0 Å². The highest BCUT2D eigenvalue weighted by Gasteiger charge is 2.06. The Hall–Kier alpha value is -1.88. The van der Waals surface area contributed by atoms with E-state index in [9.17, 15) is 0 Å². The van der Waals surface area contributed by atoms with Crippen molar-refractivity contribution in [1.82, 2.24) is 10.2 Å². The molecule has 0 spiro atoms. The van der Waals surface area contributed by atoms with Gasteiger partial charge in [-0.15, -0.1) is 10.2 Å². The van der Waals surface area contributed by atoms with Crippen molar-refractivity contribution in [3.8, 4) is 16.3 Å². The van der Waals surface area contributed by atoms with Crippen LogP contribution in [0.1, 0.15) is 19.8 Å². The van der Waals surface area contributed by atoms with Gasteiger partial charge in [-0.05, 0) is 30.7 Å². The summed E-state index contributed by atoms with van der Waals surface area (Å²) in [6, 6.07) is 7.86. The number of anilines is 1. The molecule has 2 rings (SSSR count). The number of rotatable bonds is 8. The first-order valence-corrected chi connectivity index (χ1v) is 7.56. The van der Waals surface area contributed by atoms with E-state index in [2.05, 4.69) is 29.0 Å². The molecule has 1 aromatic heterocycles. The van der Waals surface area contributed by atoms with Crippen LogP contribution in [0.25, 0.3) is 10.6 Å². The van der Waals surface area contributed by atoms with Crippen LogP contribution < -0.4 is 10.1 Å². The summed E-state index contributed by atoms with van der Waals surface area (Å²) >= 11 is 1.57. The van der Waals surface area contributed by atoms with Gasteiger partial charge in [0.15, 0.2) is 0 Å². The Morgan fingerprint density at radius 1 is 1.30 bits per heavy atom. The minimum atomic E-state index is 0.518. The minimum Gasteiger partial charge on any atom is -0.490 e. The SMILES string of the molecule is C=CCOc1ccc(-c2nnc(NCCCC)s2)cc1. The molecule has 106 valence electrons. The van der Waals surface area contributed by atoms with Gasteiger partial charge in [-0.2, -0.15) is 0 Å². The van der Waals surface area contributed by atoms with Crippen molar-refractivity contribution in [3.63, 3.8) is 0 Å². The lowest BCUT2D eigenvalue weighted by Gasteiger charge is -2.03. The van der Waals surface area contributed by atoms with Gasteiger partial charge in [0.1, 0.15) is 17.4 Å². The predicted molar refractivity (Wildman–Crippen MR) is 84.4 cm³/mol. The molecule has 0 unspecified atom stereocenters. The lowest BCUT2D eigenvalue weighted by atomic mass is 10.2. The average Bonchev–Trinajstić information content (AvgIpc) is 2.95. The first kappa shape index (κ1) is 14.5. The van der Waals surface area contributed by atoms with E-state index in [1.54, 1.807) is 17.4 Å². The summed E-state index contributed by atoms with van der Waals surface area (Å²) in [5.74, 6) is 0.833. The van der Waals surface area contributed by atoms with Crippen molar-refractivity contribution in [2.75, 3.05) is 18.5 Å². The minimum absolute atomic E-state index is 0.518. The quantitative estimate of drug-likeness (QED) is 0.590. The second-order valence-corrected chi connectivity index (χ2v) is 5.29. The molecule has 0 amide bonds. The molecule has 0 saturated carbocycles. The number of nitrogens with zero attached hydrogens (tertiary/aromatic N) is 2. The van der Waals surface area contributed by atoms with Crippen LogP contribution in [0.15, 0.2) is 36.9 Å². The fraction of sp³-hybridized carbons (Fsp3) is 0.333. The molecule has 0 aliphatic carbocycles. The second-order valence-electron chi connectivity index (χ2n) is 4.32. The molecule has 1 aromatic carbocycles. The van der Waals surface area contributed by atoms with Gasteiger partial charge in [0.2, 0.25) is 5.13 Å². The van der Waals surface area contributed by atoms with Gasteiger partial charge in [-0.1, -0.05) is 37.3 Å². The van der Waals surface area contributed by atoms with Gasteiger partial charge < -0.3 is 10.1 Å². The molecule has 0 atom stereocenters. The fourth-order valence-corrected chi connectivity index (χ4v) is 2.41. The summed E-state index contributed by atoms with van der Waals surface area (Å²) in [4.78, 5) is 0. The molecular weight excluding hydrogens is 270 g/mol. The predicted octanol–water partition coefficient (Wildman–Crippen LogP) is 3.98. The molecule has 0 aliphatic rings. The lowest BCUT2D eigenvalue weighted by molar-refractivity contribution is 0.363. The summed E-state index contributed by atoms with van der Waals surface area (Å²) in [5.41, 5.74) is 1.05. The number of hydrogen-bond acceptors (Lipinski definition) is 5. The van der Waals surface area contributed by atoms with Crippen LogP contribution in [0, 0.1) is 0 Å². The molecule has 0 radical (unpaired) electrons. The van der Waals surface area contributed by atoms with Crippen LogP contribution in [0.2, 0.25) is 0 Å². The zero-order valence-corrected chi connectivity index (χ0v) is 12.4. The molecule has 5 heteroatoms. The summed E-state index contributed by atoms with van der Waals surface area (Å²) in [6.07, 6.45) is 4.04. The van der Waals surface area contributed by atoms with E-state index in [1.165, 1.54) is 6.42 Å². The fourth-order valence-electron chi connectivity index (χ4n) is 1.63. The van der Waals surface area contributed by atoms with Gasteiger partial charge in [-0.25, -0.2) is 0 Å². The van der Waals surface area contributed by atoms with Crippen molar-refractivity contribution in [2.45, 2.75) is 19.8 Å². The highest BCUT2D eigenvalue weighted by atomic mass is 32.1. The van der Waals surface area contributed by atoms with E-state index in [1.807, 2.05) is 24.3 Å². The van der Waals surface area contributed by atoms with Crippen LogP contribution in [-0.4, -0.2) is 23.3 Å². The lowest BCUT2D eigenvalue weighted by Crippen LogP contribution is -1.99. The van der Waals surface area contributed by atoms with E-state index in [0.29, 0.717) is 6.61 Å². The molecule has 2 aromatic rings. The van der Waals surface area contributed by atoms with Gasteiger partial charge in [0.25, 0.3) is 0 Å².